The van der Waals surface area contributed by atoms with E-state index in [-0.39, 0.29) is 6.10 Å². The molecule has 1 fully saturated rings. The molecule has 1 aliphatic heterocycles. The fourth-order valence-corrected chi connectivity index (χ4v) is 5.15. The fourth-order valence-electron chi connectivity index (χ4n) is 4.35. The standard InChI is InChI=1S/C25H26N2O2S/c1-17-22(16-27-12-10-19(11-13-27)24(28)23-7-4-14-30-23)26-25(29-17)21-9-8-18-5-2-3-6-20(18)15-21/h2-9,14-15,19,24,28H,10-13,16H2,1H3/t24-/m1/s1. The summed E-state index contributed by atoms with van der Waals surface area (Å²) in [7, 11) is 0. The first-order valence-corrected chi connectivity index (χ1v) is 11.4. The van der Waals surface area contributed by atoms with Crippen LogP contribution in [0.5, 0.6) is 0 Å². The molecule has 5 heteroatoms. The number of hydrogen-bond donors (Lipinski definition) is 1. The first-order chi connectivity index (χ1) is 14.7. The van der Waals surface area contributed by atoms with Gasteiger partial charge in [-0.05, 0) is 73.1 Å². The van der Waals surface area contributed by atoms with Gasteiger partial charge in [0.15, 0.2) is 0 Å². The number of benzene rings is 2. The van der Waals surface area contributed by atoms with Crippen molar-refractivity contribution in [3.8, 4) is 11.5 Å². The van der Waals surface area contributed by atoms with Crippen molar-refractivity contribution in [2.45, 2.75) is 32.4 Å². The number of aliphatic hydroxyl groups excluding tert-OH is 1. The molecular formula is C25H26N2O2S. The molecule has 4 nitrogen and oxygen atoms in total. The predicted molar refractivity (Wildman–Crippen MR) is 121 cm³/mol. The normalized spacial score (nSPS) is 16.9. The Morgan fingerprint density at radius 2 is 1.90 bits per heavy atom. The summed E-state index contributed by atoms with van der Waals surface area (Å²) in [5.41, 5.74) is 2.02. The first kappa shape index (κ1) is 19.5. The number of aromatic nitrogens is 1. The third-order valence-corrected chi connectivity index (χ3v) is 7.12. The second kappa shape index (κ2) is 8.34. The summed E-state index contributed by atoms with van der Waals surface area (Å²) in [6.07, 6.45) is 1.68. The number of aryl methyl sites for hydroxylation is 1. The average molecular weight is 419 g/mol. The first-order valence-electron chi connectivity index (χ1n) is 10.6. The van der Waals surface area contributed by atoms with Crippen molar-refractivity contribution in [3.05, 3.63) is 76.3 Å². The number of rotatable bonds is 5. The molecule has 1 saturated heterocycles. The van der Waals surface area contributed by atoms with Gasteiger partial charge in [-0.1, -0.05) is 36.4 Å². The molecule has 0 saturated carbocycles. The quantitative estimate of drug-likeness (QED) is 0.444. The molecule has 0 radical (unpaired) electrons. The number of likely N-dealkylation sites (tertiary alicyclic amines) is 1. The Hall–Kier alpha value is -2.47. The highest BCUT2D eigenvalue weighted by Crippen LogP contribution is 2.33. The molecule has 0 unspecified atom stereocenters. The van der Waals surface area contributed by atoms with E-state index in [1.807, 2.05) is 24.4 Å². The fraction of sp³-hybridized carbons (Fsp3) is 0.320. The van der Waals surface area contributed by atoms with Crippen molar-refractivity contribution < 1.29 is 9.52 Å². The van der Waals surface area contributed by atoms with Crippen LogP contribution in [0.1, 0.15) is 35.3 Å². The summed E-state index contributed by atoms with van der Waals surface area (Å²) in [5, 5.41) is 15.1. The number of aliphatic hydroxyl groups is 1. The molecular weight excluding hydrogens is 392 g/mol. The third kappa shape index (κ3) is 3.93. The topological polar surface area (TPSA) is 49.5 Å². The van der Waals surface area contributed by atoms with E-state index < -0.39 is 0 Å². The van der Waals surface area contributed by atoms with Gasteiger partial charge in [-0.25, -0.2) is 4.98 Å². The third-order valence-electron chi connectivity index (χ3n) is 6.18. The van der Waals surface area contributed by atoms with E-state index in [4.69, 9.17) is 9.40 Å². The van der Waals surface area contributed by atoms with Gasteiger partial charge in [-0.15, -0.1) is 11.3 Å². The Morgan fingerprint density at radius 1 is 1.10 bits per heavy atom. The molecule has 3 heterocycles. The van der Waals surface area contributed by atoms with E-state index in [2.05, 4.69) is 47.4 Å². The van der Waals surface area contributed by atoms with Crippen LogP contribution in [0, 0.1) is 12.8 Å². The van der Waals surface area contributed by atoms with Crippen molar-refractivity contribution in [1.82, 2.24) is 9.88 Å². The van der Waals surface area contributed by atoms with E-state index in [9.17, 15) is 5.11 Å². The molecule has 1 N–H and O–H groups in total. The molecule has 2 aromatic heterocycles. The smallest absolute Gasteiger partial charge is 0.226 e. The SMILES string of the molecule is Cc1oc(-c2ccc3ccccc3c2)nc1CN1CCC([C@@H](O)c2cccs2)CC1. The van der Waals surface area contributed by atoms with E-state index in [0.29, 0.717) is 11.8 Å². The second-order valence-electron chi connectivity index (χ2n) is 8.16. The van der Waals surface area contributed by atoms with Crippen molar-refractivity contribution in [3.63, 3.8) is 0 Å². The minimum absolute atomic E-state index is 0.333. The Labute approximate surface area is 180 Å². The summed E-state index contributed by atoms with van der Waals surface area (Å²) in [4.78, 5) is 8.33. The van der Waals surface area contributed by atoms with Gasteiger partial charge in [0.25, 0.3) is 0 Å². The molecule has 2 aromatic carbocycles. The van der Waals surface area contributed by atoms with Crippen LogP contribution < -0.4 is 0 Å². The number of hydrogen-bond acceptors (Lipinski definition) is 5. The Balaban J connectivity index is 1.25. The summed E-state index contributed by atoms with van der Waals surface area (Å²) >= 11 is 1.65. The van der Waals surface area contributed by atoms with Gasteiger partial charge in [-0.3, -0.25) is 4.90 Å². The van der Waals surface area contributed by atoms with Crippen LogP contribution >= 0.6 is 11.3 Å². The minimum Gasteiger partial charge on any atom is -0.441 e. The number of thiophene rings is 1. The summed E-state index contributed by atoms with van der Waals surface area (Å²) < 4.78 is 6.02. The maximum atomic E-state index is 10.6. The van der Waals surface area contributed by atoms with Crippen molar-refractivity contribution >= 4 is 22.1 Å². The lowest BCUT2D eigenvalue weighted by Gasteiger charge is -2.33. The molecule has 0 aliphatic carbocycles. The van der Waals surface area contributed by atoms with Crippen LogP contribution in [0.4, 0.5) is 0 Å². The summed E-state index contributed by atoms with van der Waals surface area (Å²) in [6, 6.07) is 18.7. The van der Waals surface area contributed by atoms with Crippen molar-refractivity contribution in [2.24, 2.45) is 5.92 Å². The molecule has 4 aromatic rings. The van der Waals surface area contributed by atoms with E-state index in [1.54, 1.807) is 11.3 Å². The highest BCUT2D eigenvalue weighted by atomic mass is 32.1. The molecule has 30 heavy (non-hydrogen) atoms. The zero-order valence-corrected chi connectivity index (χ0v) is 17.9. The molecule has 1 aliphatic rings. The van der Waals surface area contributed by atoms with E-state index >= 15 is 0 Å². The molecule has 154 valence electrons. The zero-order chi connectivity index (χ0) is 20.5. The highest BCUT2D eigenvalue weighted by molar-refractivity contribution is 7.10. The van der Waals surface area contributed by atoms with Gasteiger partial charge >= 0.3 is 0 Å². The summed E-state index contributed by atoms with van der Waals surface area (Å²) in [5.74, 6) is 1.92. The zero-order valence-electron chi connectivity index (χ0n) is 17.1. The Kier molecular flexibility index (Phi) is 5.42. The molecule has 1 atom stereocenters. The van der Waals surface area contributed by atoms with Gasteiger partial charge in [0, 0.05) is 17.0 Å². The van der Waals surface area contributed by atoms with Gasteiger partial charge in [0.2, 0.25) is 5.89 Å². The van der Waals surface area contributed by atoms with Gasteiger partial charge in [-0.2, -0.15) is 0 Å². The molecule has 0 bridgehead atoms. The van der Waals surface area contributed by atoms with Crippen LogP contribution in [0.25, 0.3) is 22.2 Å². The van der Waals surface area contributed by atoms with Crippen LogP contribution in [0.3, 0.4) is 0 Å². The largest absolute Gasteiger partial charge is 0.441 e. The number of fused-ring (bicyclic) bond motifs is 1. The second-order valence-corrected chi connectivity index (χ2v) is 9.14. The van der Waals surface area contributed by atoms with Gasteiger partial charge in [0.05, 0.1) is 11.8 Å². The van der Waals surface area contributed by atoms with Crippen LogP contribution in [0.2, 0.25) is 0 Å². The maximum Gasteiger partial charge on any atom is 0.226 e. The van der Waals surface area contributed by atoms with Crippen LogP contribution in [-0.2, 0) is 6.54 Å². The van der Waals surface area contributed by atoms with E-state index in [1.165, 1.54) is 10.8 Å². The Morgan fingerprint density at radius 3 is 2.67 bits per heavy atom. The lowest BCUT2D eigenvalue weighted by Crippen LogP contribution is -2.35. The van der Waals surface area contributed by atoms with Crippen molar-refractivity contribution in [2.75, 3.05) is 13.1 Å². The van der Waals surface area contributed by atoms with Gasteiger partial charge in [0.1, 0.15) is 5.76 Å². The van der Waals surface area contributed by atoms with Crippen molar-refractivity contribution in [1.29, 1.82) is 0 Å². The summed E-state index contributed by atoms with van der Waals surface area (Å²) in [6.45, 7) is 4.75. The lowest BCUT2D eigenvalue weighted by molar-refractivity contribution is 0.0586. The van der Waals surface area contributed by atoms with Gasteiger partial charge < -0.3 is 9.52 Å². The Bertz CT molecular complexity index is 1130. The maximum absolute atomic E-state index is 10.6. The molecule has 0 spiro atoms. The van der Waals surface area contributed by atoms with E-state index in [0.717, 1.165) is 54.4 Å². The highest BCUT2D eigenvalue weighted by Gasteiger charge is 2.27. The number of nitrogens with zero attached hydrogens (tertiary/aromatic N) is 2. The number of piperidine rings is 1. The molecule has 0 amide bonds. The van der Waals surface area contributed by atoms with Crippen LogP contribution in [0.15, 0.2) is 64.4 Å². The monoisotopic (exact) mass is 418 g/mol. The lowest BCUT2D eigenvalue weighted by atomic mass is 9.90. The predicted octanol–water partition coefficient (Wildman–Crippen LogP) is 5.81. The minimum atomic E-state index is -0.333. The van der Waals surface area contributed by atoms with Crippen LogP contribution in [-0.4, -0.2) is 28.1 Å². The molecule has 5 rings (SSSR count). The average Bonchev–Trinajstić information content (AvgIpc) is 3.44. The number of oxazole rings is 1.